The molecule has 1 aromatic heterocycles. The van der Waals surface area contributed by atoms with Crippen LogP contribution in [0.2, 0.25) is 0 Å². The first-order chi connectivity index (χ1) is 15.4. The molecule has 5 nitrogen and oxygen atoms in total. The van der Waals surface area contributed by atoms with Crippen molar-refractivity contribution in [3.05, 3.63) is 72.1 Å². The number of amides is 1. The molecule has 0 aliphatic heterocycles. The first kappa shape index (κ1) is 21.7. The van der Waals surface area contributed by atoms with E-state index in [1.807, 2.05) is 43.3 Å². The normalized spacial score (nSPS) is 13.4. The summed E-state index contributed by atoms with van der Waals surface area (Å²) < 4.78 is 33.6. The third-order valence-corrected chi connectivity index (χ3v) is 5.81. The lowest BCUT2D eigenvalue weighted by atomic mass is 9.96. The van der Waals surface area contributed by atoms with E-state index in [2.05, 4.69) is 10.3 Å². The Morgan fingerprint density at radius 1 is 1.06 bits per heavy atom. The van der Waals surface area contributed by atoms with Gasteiger partial charge < -0.3 is 10.1 Å². The Morgan fingerprint density at radius 3 is 2.53 bits per heavy atom. The van der Waals surface area contributed by atoms with Crippen molar-refractivity contribution in [1.29, 1.82) is 0 Å². The van der Waals surface area contributed by atoms with Gasteiger partial charge in [0.2, 0.25) is 5.91 Å². The largest absolute Gasteiger partial charge is 0.497 e. The minimum Gasteiger partial charge on any atom is -0.497 e. The molecule has 1 amide bonds. The van der Waals surface area contributed by atoms with Gasteiger partial charge in [0.15, 0.2) is 0 Å². The van der Waals surface area contributed by atoms with Gasteiger partial charge in [-0.05, 0) is 47.5 Å². The number of methoxy groups -OCH3 is 1. The molecule has 1 heterocycles. The van der Waals surface area contributed by atoms with Crippen LogP contribution in [-0.2, 0) is 4.79 Å². The highest BCUT2D eigenvalue weighted by atomic mass is 19.3. The van der Waals surface area contributed by atoms with Crippen molar-refractivity contribution in [3.63, 3.8) is 0 Å². The van der Waals surface area contributed by atoms with Crippen molar-refractivity contribution in [1.82, 2.24) is 14.9 Å². The Kier molecular flexibility index (Phi) is 6.08. The number of carbonyl (C=O) groups is 1. The summed E-state index contributed by atoms with van der Waals surface area (Å²) in [5.74, 6) is 0.109. The Labute approximate surface area is 185 Å². The number of fused-ring (bicyclic) bond motifs is 2. The fraction of sp³-hybridized carbons (Fsp3) is 0.280. The van der Waals surface area contributed by atoms with Gasteiger partial charge in [0.1, 0.15) is 11.6 Å². The van der Waals surface area contributed by atoms with Gasteiger partial charge >= 0.3 is 6.55 Å². The van der Waals surface area contributed by atoms with Crippen LogP contribution in [0.25, 0.3) is 21.8 Å². The lowest BCUT2D eigenvalue weighted by Gasteiger charge is -2.17. The third-order valence-electron chi connectivity index (χ3n) is 5.81. The molecule has 4 aromatic rings. The summed E-state index contributed by atoms with van der Waals surface area (Å²) in [6, 6.07) is 18.5. The quantitative estimate of drug-likeness (QED) is 0.408. The number of halogens is 2. The minimum atomic E-state index is -2.70. The predicted molar refractivity (Wildman–Crippen MR) is 121 cm³/mol. The Hall–Kier alpha value is -3.48. The molecule has 2 unspecified atom stereocenters. The molecule has 3 aromatic carbocycles. The van der Waals surface area contributed by atoms with Crippen molar-refractivity contribution >= 4 is 27.7 Å². The van der Waals surface area contributed by atoms with Gasteiger partial charge in [-0.15, -0.1) is 0 Å². The number of alkyl halides is 2. The highest BCUT2D eigenvalue weighted by Crippen LogP contribution is 2.28. The van der Waals surface area contributed by atoms with E-state index in [9.17, 15) is 13.6 Å². The fourth-order valence-corrected chi connectivity index (χ4v) is 3.90. The second-order valence-electron chi connectivity index (χ2n) is 7.95. The summed E-state index contributed by atoms with van der Waals surface area (Å²) in [6.07, 6.45) is 0. The molecule has 0 spiro atoms. The van der Waals surface area contributed by atoms with Crippen molar-refractivity contribution in [2.24, 2.45) is 0 Å². The molecule has 0 bridgehead atoms. The van der Waals surface area contributed by atoms with Gasteiger partial charge in [0.25, 0.3) is 0 Å². The Balaban J connectivity index is 1.48. The lowest BCUT2D eigenvalue weighted by molar-refractivity contribution is -0.122. The molecule has 1 N–H and O–H groups in total. The number of nitrogens with zero attached hydrogens (tertiary/aromatic N) is 2. The zero-order chi connectivity index (χ0) is 22.8. The van der Waals surface area contributed by atoms with E-state index in [1.54, 1.807) is 38.3 Å². The first-order valence-corrected chi connectivity index (χ1v) is 10.5. The number of para-hydroxylation sites is 2. The number of imidazole rings is 1. The summed E-state index contributed by atoms with van der Waals surface area (Å²) in [4.78, 5) is 17.2. The van der Waals surface area contributed by atoms with Crippen LogP contribution in [0.15, 0.2) is 60.7 Å². The van der Waals surface area contributed by atoms with Crippen molar-refractivity contribution in [2.45, 2.75) is 32.2 Å². The van der Waals surface area contributed by atoms with Gasteiger partial charge in [-0.25, -0.2) is 4.98 Å². The van der Waals surface area contributed by atoms with E-state index in [1.165, 1.54) is 0 Å². The topological polar surface area (TPSA) is 56.1 Å². The Morgan fingerprint density at radius 2 is 1.78 bits per heavy atom. The number of nitrogens with one attached hydrogen (secondary N) is 1. The van der Waals surface area contributed by atoms with Gasteiger partial charge in [-0.2, -0.15) is 8.78 Å². The molecule has 0 aliphatic carbocycles. The van der Waals surface area contributed by atoms with Crippen LogP contribution in [0.4, 0.5) is 8.78 Å². The number of rotatable bonds is 7. The van der Waals surface area contributed by atoms with Gasteiger partial charge in [-0.3, -0.25) is 9.36 Å². The molecular formula is C25H25F2N3O2. The maximum Gasteiger partial charge on any atom is 0.320 e. The van der Waals surface area contributed by atoms with E-state index in [0.29, 0.717) is 11.0 Å². The molecule has 7 heteroatoms. The minimum absolute atomic E-state index is 0.163. The highest BCUT2D eigenvalue weighted by Gasteiger charge is 2.23. The van der Waals surface area contributed by atoms with Crippen LogP contribution < -0.4 is 10.1 Å². The Bertz CT molecular complexity index is 1270. The number of carbonyl (C=O) groups excluding carboxylic acids is 1. The van der Waals surface area contributed by atoms with Crippen molar-refractivity contribution in [2.75, 3.05) is 13.7 Å². The second-order valence-corrected chi connectivity index (χ2v) is 7.95. The smallest absolute Gasteiger partial charge is 0.320 e. The molecule has 2 atom stereocenters. The molecule has 4 rings (SSSR count). The van der Waals surface area contributed by atoms with Crippen LogP contribution >= 0.6 is 0 Å². The maximum atomic E-state index is 13.7. The molecule has 0 radical (unpaired) electrons. The second kappa shape index (κ2) is 8.94. The third kappa shape index (κ3) is 4.15. The zero-order valence-electron chi connectivity index (χ0n) is 18.2. The van der Waals surface area contributed by atoms with Crippen LogP contribution in [0, 0.1) is 0 Å². The summed E-state index contributed by atoms with van der Waals surface area (Å²) in [5.41, 5.74) is 1.78. The van der Waals surface area contributed by atoms with E-state index in [-0.39, 0.29) is 30.1 Å². The molecule has 0 aliphatic rings. The maximum absolute atomic E-state index is 13.7. The summed E-state index contributed by atoms with van der Waals surface area (Å²) in [5, 5.41) is 4.94. The number of hydrogen-bond donors (Lipinski definition) is 1. The fourth-order valence-electron chi connectivity index (χ4n) is 3.90. The molecule has 32 heavy (non-hydrogen) atoms. The number of benzene rings is 3. The number of hydrogen-bond acceptors (Lipinski definition) is 3. The molecule has 0 fully saturated rings. The van der Waals surface area contributed by atoms with E-state index in [0.717, 1.165) is 26.7 Å². The summed E-state index contributed by atoms with van der Waals surface area (Å²) >= 11 is 0. The summed E-state index contributed by atoms with van der Waals surface area (Å²) in [6.45, 7) is 1.13. The van der Waals surface area contributed by atoms with Crippen LogP contribution in [0.1, 0.15) is 43.6 Å². The molecule has 0 saturated heterocycles. The van der Waals surface area contributed by atoms with Gasteiger partial charge in [0, 0.05) is 12.5 Å². The van der Waals surface area contributed by atoms with Crippen LogP contribution in [-0.4, -0.2) is 29.1 Å². The van der Waals surface area contributed by atoms with E-state index < -0.39 is 6.55 Å². The van der Waals surface area contributed by atoms with E-state index >= 15 is 0 Å². The van der Waals surface area contributed by atoms with Gasteiger partial charge in [0.05, 0.1) is 24.1 Å². The molecule has 166 valence electrons. The average Bonchev–Trinajstić information content (AvgIpc) is 3.21. The van der Waals surface area contributed by atoms with E-state index in [4.69, 9.17) is 4.74 Å². The van der Waals surface area contributed by atoms with Crippen LogP contribution in [0.3, 0.4) is 0 Å². The van der Waals surface area contributed by atoms with Crippen LogP contribution in [0.5, 0.6) is 5.75 Å². The van der Waals surface area contributed by atoms with Gasteiger partial charge in [-0.1, -0.05) is 43.3 Å². The predicted octanol–water partition coefficient (Wildman–Crippen LogP) is 5.62. The highest BCUT2D eigenvalue weighted by molar-refractivity contribution is 5.88. The van der Waals surface area contributed by atoms with Crippen molar-refractivity contribution < 1.29 is 18.3 Å². The summed E-state index contributed by atoms with van der Waals surface area (Å²) in [7, 11) is 1.62. The van der Waals surface area contributed by atoms with Crippen molar-refractivity contribution in [3.8, 4) is 5.75 Å². The SMILES string of the molecule is COc1ccc2cc(C(C)C(=O)NCC(C)c3nc4ccccc4n3C(F)F)ccc2c1. The number of aromatic nitrogens is 2. The number of ether oxygens (including phenoxy) is 1. The lowest BCUT2D eigenvalue weighted by Crippen LogP contribution is -2.32. The monoisotopic (exact) mass is 437 g/mol. The average molecular weight is 437 g/mol. The standard InChI is InChI=1S/C25H25F2N3O2/c1-15(23-29-21-6-4-5-7-22(21)30(23)25(26)27)14-28-24(31)16(2)17-8-9-19-13-20(32-3)11-10-18(19)12-17/h4-13,15-16,25H,14H2,1-3H3,(H,28,31). The molecule has 0 saturated carbocycles. The first-order valence-electron chi connectivity index (χ1n) is 10.5. The zero-order valence-corrected chi connectivity index (χ0v) is 18.2. The molecular weight excluding hydrogens is 412 g/mol.